The second-order valence-corrected chi connectivity index (χ2v) is 4.07. The third kappa shape index (κ3) is 3.96. The number of carbonyl (C=O) groups excluding carboxylic acids is 1. The first-order chi connectivity index (χ1) is 8.58. The zero-order chi connectivity index (χ0) is 13.5. The molecule has 0 spiro atoms. The molecular weight excluding hydrogens is 237 g/mol. The Morgan fingerprint density at radius 2 is 2.33 bits per heavy atom. The van der Waals surface area contributed by atoms with Gasteiger partial charge in [-0.15, -0.1) is 0 Å². The van der Waals surface area contributed by atoms with E-state index in [4.69, 9.17) is 4.74 Å². The van der Waals surface area contributed by atoms with Gasteiger partial charge in [0.25, 0.3) is 5.91 Å². The number of anilines is 1. The Morgan fingerprint density at radius 1 is 1.61 bits per heavy atom. The van der Waals surface area contributed by atoms with Crippen LogP contribution < -0.4 is 10.6 Å². The molecule has 6 heteroatoms. The van der Waals surface area contributed by atoms with Crippen LogP contribution in [0.15, 0.2) is 12.3 Å². The Hall–Kier alpha value is -1.69. The summed E-state index contributed by atoms with van der Waals surface area (Å²) < 4.78 is 18.0. The van der Waals surface area contributed by atoms with Gasteiger partial charge in [0.1, 0.15) is 11.6 Å². The predicted molar refractivity (Wildman–Crippen MR) is 67.1 cm³/mol. The van der Waals surface area contributed by atoms with Crippen molar-refractivity contribution in [2.75, 3.05) is 32.6 Å². The molecule has 1 heterocycles. The van der Waals surface area contributed by atoms with Gasteiger partial charge in [-0.3, -0.25) is 4.79 Å². The van der Waals surface area contributed by atoms with Crippen molar-refractivity contribution >= 4 is 11.7 Å². The minimum atomic E-state index is -0.538. The van der Waals surface area contributed by atoms with E-state index in [1.54, 1.807) is 14.2 Å². The van der Waals surface area contributed by atoms with E-state index in [0.717, 1.165) is 12.3 Å². The molecule has 0 aliphatic carbocycles. The van der Waals surface area contributed by atoms with Crippen LogP contribution in [0.2, 0.25) is 0 Å². The van der Waals surface area contributed by atoms with Crippen LogP contribution in [-0.4, -0.2) is 38.2 Å². The van der Waals surface area contributed by atoms with Gasteiger partial charge in [0.05, 0.1) is 18.4 Å². The number of nitrogens with one attached hydrogen (secondary N) is 2. The highest BCUT2D eigenvalue weighted by atomic mass is 19.1. The number of aromatic nitrogens is 1. The van der Waals surface area contributed by atoms with Crippen molar-refractivity contribution in [1.82, 2.24) is 10.3 Å². The van der Waals surface area contributed by atoms with Gasteiger partial charge in [0.2, 0.25) is 0 Å². The highest BCUT2D eigenvalue weighted by molar-refractivity contribution is 5.98. The molecule has 0 aromatic carbocycles. The fourth-order valence-electron chi connectivity index (χ4n) is 1.52. The van der Waals surface area contributed by atoms with Crippen LogP contribution in [0, 0.1) is 11.7 Å². The number of ether oxygens (including phenoxy) is 1. The van der Waals surface area contributed by atoms with Crippen molar-refractivity contribution < 1.29 is 13.9 Å². The summed E-state index contributed by atoms with van der Waals surface area (Å²) in [5, 5.41) is 5.47. The van der Waals surface area contributed by atoms with E-state index in [-0.39, 0.29) is 17.4 Å². The fourth-order valence-corrected chi connectivity index (χ4v) is 1.52. The van der Waals surface area contributed by atoms with E-state index in [2.05, 4.69) is 15.6 Å². The lowest BCUT2D eigenvalue weighted by molar-refractivity contribution is 0.0934. The van der Waals surface area contributed by atoms with Crippen molar-refractivity contribution in [1.29, 1.82) is 0 Å². The molecule has 1 atom stereocenters. The minimum Gasteiger partial charge on any atom is -0.384 e. The van der Waals surface area contributed by atoms with Crippen LogP contribution in [-0.2, 0) is 4.74 Å². The van der Waals surface area contributed by atoms with Crippen LogP contribution in [0.25, 0.3) is 0 Å². The van der Waals surface area contributed by atoms with Crippen LogP contribution in [0.1, 0.15) is 17.3 Å². The predicted octanol–water partition coefficient (Wildman–Crippen LogP) is 1.27. The molecule has 100 valence electrons. The SMILES string of the molecule is CNc1ncc(F)cc1C(=O)NCC(C)COC. The molecule has 18 heavy (non-hydrogen) atoms. The lowest BCUT2D eigenvalue weighted by atomic mass is 10.2. The number of pyridine rings is 1. The van der Waals surface area contributed by atoms with Gasteiger partial charge in [-0.1, -0.05) is 6.92 Å². The molecule has 1 amide bonds. The molecule has 0 fully saturated rings. The van der Waals surface area contributed by atoms with Gasteiger partial charge in [0, 0.05) is 20.7 Å². The third-order valence-electron chi connectivity index (χ3n) is 2.40. The summed E-state index contributed by atoms with van der Waals surface area (Å²) in [5.74, 6) is -0.342. The minimum absolute atomic E-state index is 0.193. The summed E-state index contributed by atoms with van der Waals surface area (Å²) in [5.41, 5.74) is 0.196. The number of rotatable bonds is 6. The maximum Gasteiger partial charge on any atom is 0.255 e. The summed E-state index contributed by atoms with van der Waals surface area (Å²) in [6, 6.07) is 1.16. The fraction of sp³-hybridized carbons (Fsp3) is 0.500. The van der Waals surface area contributed by atoms with Crippen LogP contribution in [0.4, 0.5) is 10.2 Å². The molecule has 0 aliphatic rings. The largest absolute Gasteiger partial charge is 0.384 e. The van der Waals surface area contributed by atoms with Gasteiger partial charge in [-0.2, -0.15) is 0 Å². The van der Waals surface area contributed by atoms with Gasteiger partial charge in [-0.25, -0.2) is 9.37 Å². The summed E-state index contributed by atoms with van der Waals surface area (Å²) >= 11 is 0. The molecule has 1 rings (SSSR count). The lowest BCUT2D eigenvalue weighted by Gasteiger charge is -2.13. The molecular formula is C12H18FN3O2. The number of carbonyl (C=O) groups is 1. The van der Waals surface area contributed by atoms with Crippen LogP contribution in [0.3, 0.4) is 0 Å². The first-order valence-corrected chi connectivity index (χ1v) is 5.69. The number of halogens is 1. The molecule has 5 nitrogen and oxygen atoms in total. The average molecular weight is 255 g/mol. The number of methoxy groups -OCH3 is 1. The van der Waals surface area contributed by atoms with Gasteiger partial charge in [0.15, 0.2) is 0 Å². The monoisotopic (exact) mass is 255 g/mol. The summed E-state index contributed by atoms with van der Waals surface area (Å²) in [7, 11) is 3.23. The maximum atomic E-state index is 13.1. The molecule has 1 unspecified atom stereocenters. The Kier molecular flexibility index (Phi) is 5.51. The average Bonchev–Trinajstić information content (AvgIpc) is 2.36. The smallest absolute Gasteiger partial charge is 0.255 e. The zero-order valence-electron chi connectivity index (χ0n) is 10.8. The third-order valence-corrected chi connectivity index (χ3v) is 2.40. The first kappa shape index (κ1) is 14.4. The number of hydrogen-bond acceptors (Lipinski definition) is 4. The summed E-state index contributed by atoms with van der Waals surface area (Å²) in [4.78, 5) is 15.7. The Balaban J connectivity index is 2.68. The molecule has 0 saturated carbocycles. The summed E-state index contributed by atoms with van der Waals surface area (Å²) in [6.07, 6.45) is 1.07. The molecule has 1 aromatic heterocycles. The van der Waals surface area contributed by atoms with Crippen molar-refractivity contribution in [3.8, 4) is 0 Å². The molecule has 0 radical (unpaired) electrons. The zero-order valence-corrected chi connectivity index (χ0v) is 10.8. The standard InChI is InChI=1S/C12H18FN3O2/c1-8(7-18-3)5-16-12(17)10-4-9(13)6-15-11(10)14-2/h4,6,8H,5,7H2,1-3H3,(H,14,15)(H,16,17). The quantitative estimate of drug-likeness (QED) is 0.803. The van der Waals surface area contributed by atoms with Crippen molar-refractivity contribution in [2.45, 2.75) is 6.92 Å². The molecule has 2 N–H and O–H groups in total. The van der Waals surface area contributed by atoms with E-state index >= 15 is 0 Å². The summed E-state index contributed by atoms with van der Waals surface area (Å²) in [6.45, 7) is 2.97. The van der Waals surface area contributed by atoms with E-state index in [1.807, 2.05) is 6.92 Å². The Bertz CT molecular complexity index is 412. The molecule has 1 aromatic rings. The van der Waals surface area contributed by atoms with E-state index in [1.165, 1.54) is 0 Å². The maximum absolute atomic E-state index is 13.1. The van der Waals surface area contributed by atoms with E-state index < -0.39 is 5.82 Å². The number of hydrogen-bond donors (Lipinski definition) is 2. The van der Waals surface area contributed by atoms with Crippen molar-refractivity contribution in [2.24, 2.45) is 5.92 Å². The lowest BCUT2D eigenvalue weighted by Crippen LogP contribution is -2.30. The Labute approximate surface area is 106 Å². The topological polar surface area (TPSA) is 63.2 Å². The Morgan fingerprint density at radius 3 is 2.94 bits per heavy atom. The van der Waals surface area contributed by atoms with Gasteiger partial charge in [-0.05, 0) is 12.0 Å². The second kappa shape index (κ2) is 6.90. The van der Waals surface area contributed by atoms with Gasteiger partial charge < -0.3 is 15.4 Å². The van der Waals surface area contributed by atoms with E-state index in [9.17, 15) is 9.18 Å². The molecule has 0 bridgehead atoms. The highest BCUT2D eigenvalue weighted by Crippen LogP contribution is 2.12. The number of nitrogens with zero attached hydrogens (tertiary/aromatic N) is 1. The second-order valence-electron chi connectivity index (χ2n) is 4.07. The van der Waals surface area contributed by atoms with E-state index in [0.29, 0.717) is 19.0 Å². The molecule has 0 aliphatic heterocycles. The van der Waals surface area contributed by atoms with Crippen LogP contribution >= 0.6 is 0 Å². The van der Waals surface area contributed by atoms with Crippen LogP contribution in [0.5, 0.6) is 0 Å². The van der Waals surface area contributed by atoms with Gasteiger partial charge >= 0.3 is 0 Å². The number of amides is 1. The normalized spacial score (nSPS) is 12.0. The first-order valence-electron chi connectivity index (χ1n) is 5.69. The van der Waals surface area contributed by atoms with Crippen molar-refractivity contribution in [3.05, 3.63) is 23.6 Å². The molecule has 0 saturated heterocycles. The van der Waals surface area contributed by atoms with Crippen molar-refractivity contribution in [3.63, 3.8) is 0 Å². The highest BCUT2D eigenvalue weighted by Gasteiger charge is 2.14.